The van der Waals surface area contributed by atoms with E-state index < -0.39 is 6.61 Å². The summed E-state index contributed by atoms with van der Waals surface area (Å²) >= 11 is 8.48. The first-order chi connectivity index (χ1) is 7.54. The fraction of sp³-hybridized carbons (Fsp3) is 0.300. The Morgan fingerprint density at radius 2 is 2.19 bits per heavy atom. The molecule has 2 nitrogen and oxygen atoms in total. The summed E-state index contributed by atoms with van der Waals surface area (Å²) < 4.78 is 28.7. The van der Waals surface area contributed by atoms with Crippen LogP contribution in [-0.4, -0.2) is 18.3 Å². The summed E-state index contributed by atoms with van der Waals surface area (Å²) in [5.41, 5.74) is 0.573. The van der Waals surface area contributed by atoms with Crippen LogP contribution in [0.15, 0.2) is 22.7 Å². The Morgan fingerprint density at radius 3 is 2.75 bits per heavy atom. The summed E-state index contributed by atoms with van der Waals surface area (Å²) in [6.07, 6.45) is 0.0878. The van der Waals surface area contributed by atoms with Gasteiger partial charge in [-0.1, -0.05) is 12.1 Å². The molecule has 0 unspecified atom stereocenters. The van der Waals surface area contributed by atoms with Gasteiger partial charge in [0.2, 0.25) is 0 Å². The SMILES string of the molecule is O=C(CCl)Cc1cccc(OC(F)F)c1Br. The molecule has 0 spiro atoms. The zero-order valence-corrected chi connectivity index (χ0v) is 10.4. The van der Waals surface area contributed by atoms with E-state index in [9.17, 15) is 13.6 Å². The normalized spacial score (nSPS) is 10.6. The van der Waals surface area contributed by atoms with Crippen molar-refractivity contribution in [1.82, 2.24) is 0 Å². The van der Waals surface area contributed by atoms with Crippen LogP contribution in [0.3, 0.4) is 0 Å². The lowest BCUT2D eigenvalue weighted by molar-refractivity contribution is -0.116. The van der Waals surface area contributed by atoms with Gasteiger partial charge in [-0.05, 0) is 27.6 Å². The molecule has 0 saturated carbocycles. The molecule has 88 valence electrons. The van der Waals surface area contributed by atoms with E-state index in [1.54, 1.807) is 12.1 Å². The van der Waals surface area contributed by atoms with Gasteiger partial charge >= 0.3 is 6.61 Å². The number of hydrogen-bond acceptors (Lipinski definition) is 2. The average Bonchev–Trinajstić information content (AvgIpc) is 2.23. The number of hydrogen-bond donors (Lipinski definition) is 0. The molecular weight excluding hydrogens is 305 g/mol. The van der Waals surface area contributed by atoms with E-state index in [1.807, 2.05) is 0 Å². The monoisotopic (exact) mass is 312 g/mol. The molecule has 0 amide bonds. The molecule has 0 aliphatic heterocycles. The molecule has 0 heterocycles. The lowest BCUT2D eigenvalue weighted by atomic mass is 10.1. The number of alkyl halides is 3. The minimum atomic E-state index is -2.89. The van der Waals surface area contributed by atoms with Gasteiger partial charge in [-0.2, -0.15) is 8.78 Å². The van der Waals surface area contributed by atoms with Gasteiger partial charge in [-0.3, -0.25) is 4.79 Å². The van der Waals surface area contributed by atoms with Gasteiger partial charge in [0.1, 0.15) is 5.75 Å². The molecular formula is C10H8BrClF2O2. The number of carbonyl (C=O) groups excluding carboxylic acids is 1. The minimum Gasteiger partial charge on any atom is -0.434 e. The number of Topliss-reactive ketones (excluding diaryl/α,β-unsaturated/α-hetero) is 1. The number of rotatable bonds is 5. The Kier molecular flexibility index (Phi) is 5.15. The molecule has 0 saturated heterocycles. The van der Waals surface area contributed by atoms with Gasteiger partial charge < -0.3 is 4.74 Å². The van der Waals surface area contributed by atoms with Crippen molar-refractivity contribution >= 4 is 33.3 Å². The molecule has 0 aromatic heterocycles. The summed E-state index contributed by atoms with van der Waals surface area (Å²) in [7, 11) is 0. The zero-order chi connectivity index (χ0) is 12.1. The van der Waals surface area contributed by atoms with Gasteiger partial charge in [0, 0.05) is 6.42 Å². The Morgan fingerprint density at radius 1 is 1.50 bits per heavy atom. The molecule has 0 N–H and O–H groups in total. The highest BCUT2D eigenvalue weighted by molar-refractivity contribution is 9.10. The molecule has 1 aromatic rings. The van der Waals surface area contributed by atoms with Crippen LogP contribution in [0, 0.1) is 0 Å². The third-order valence-electron chi connectivity index (χ3n) is 1.80. The number of benzene rings is 1. The van der Waals surface area contributed by atoms with Crippen molar-refractivity contribution in [2.45, 2.75) is 13.0 Å². The smallest absolute Gasteiger partial charge is 0.387 e. The molecule has 1 rings (SSSR count). The number of halogens is 4. The fourth-order valence-corrected chi connectivity index (χ4v) is 1.73. The Balaban J connectivity index is 2.90. The van der Waals surface area contributed by atoms with Crippen LogP contribution in [0.25, 0.3) is 0 Å². The van der Waals surface area contributed by atoms with Crippen LogP contribution in [0.2, 0.25) is 0 Å². The first-order valence-electron chi connectivity index (χ1n) is 4.34. The molecule has 16 heavy (non-hydrogen) atoms. The second-order valence-corrected chi connectivity index (χ2v) is 4.02. The summed E-state index contributed by atoms with van der Waals surface area (Å²) in [4.78, 5) is 11.1. The molecule has 0 fully saturated rings. The Bertz CT molecular complexity index is 385. The largest absolute Gasteiger partial charge is 0.434 e. The highest BCUT2D eigenvalue weighted by Gasteiger charge is 2.13. The first kappa shape index (κ1) is 13.4. The van der Waals surface area contributed by atoms with E-state index in [2.05, 4.69) is 20.7 Å². The van der Waals surface area contributed by atoms with E-state index in [-0.39, 0.29) is 23.8 Å². The number of ketones is 1. The summed E-state index contributed by atoms with van der Waals surface area (Å²) in [6, 6.07) is 4.58. The maximum absolute atomic E-state index is 12.0. The topological polar surface area (TPSA) is 26.3 Å². The summed E-state index contributed by atoms with van der Waals surface area (Å²) in [5, 5.41) is 0. The second kappa shape index (κ2) is 6.15. The van der Waals surface area contributed by atoms with Crippen LogP contribution in [0.5, 0.6) is 5.75 Å². The highest BCUT2D eigenvalue weighted by Crippen LogP contribution is 2.30. The molecule has 1 aromatic carbocycles. The maximum Gasteiger partial charge on any atom is 0.387 e. The van der Waals surface area contributed by atoms with Crippen molar-refractivity contribution in [3.8, 4) is 5.75 Å². The minimum absolute atomic E-state index is 0.00914. The summed E-state index contributed by atoms with van der Waals surface area (Å²) in [6.45, 7) is -2.89. The maximum atomic E-state index is 12.0. The van der Waals surface area contributed by atoms with Crippen molar-refractivity contribution in [3.05, 3.63) is 28.2 Å². The van der Waals surface area contributed by atoms with Crippen molar-refractivity contribution in [3.63, 3.8) is 0 Å². The van der Waals surface area contributed by atoms with Gasteiger partial charge in [0.25, 0.3) is 0 Å². The number of ether oxygens (including phenoxy) is 1. The van der Waals surface area contributed by atoms with Crippen molar-refractivity contribution in [2.24, 2.45) is 0 Å². The predicted octanol–water partition coefficient (Wildman–Crippen LogP) is 3.40. The quantitative estimate of drug-likeness (QED) is 0.779. The summed E-state index contributed by atoms with van der Waals surface area (Å²) in [5.74, 6) is -0.279. The molecule has 0 radical (unpaired) electrons. The van der Waals surface area contributed by atoms with E-state index >= 15 is 0 Å². The fourth-order valence-electron chi connectivity index (χ4n) is 1.14. The van der Waals surface area contributed by atoms with Crippen LogP contribution in [0.1, 0.15) is 5.56 Å². The lowest BCUT2D eigenvalue weighted by Gasteiger charge is -2.09. The standard InChI is InChI=1S/C10H8BrClF2O2/c11-9-6(4-7(15)5-12)2-1-3-8(9)16-10(13)14/h1-3,10H,4-5H2. The number of carbonyl (C=O) groups is 1. The van der Waals surface area contributed by atoms with Crippen LogP contribution < -0.4 is 4.74 Å². The highest BCUT2D eigenvalue weighted by atomic mass is 79.9. The van der Waals surface area contributed by atoms with Gasteiger partial charge in [0.05, 0.1) is 10.4 Å². The van der Waals surface area contributed by atoms with Crippen molar-refractivity contribution in [2.75, 3.05) is 5.88 Å². The van der Waals surface area contributed by atoms with Gasteiger partial charge in [-0.25, -0.2) is 0 Å². The second-order valence-electron chi connectivity index (χ2n) is 2.96. The molecule has 6 heteroatoms. The Labute approximate surface area is 105 Å². The van der Waals surface area contributed by atoms with Crippen LogP contribution in [-0.2, 0) is 11.2 Å². The van der Waals surface area contributed by atoms with E-state index in [0.717, 1.165) is 0 Å². The molecule has 0 atom stereocenters. The van der Waals surface area contributed by atoms with Gasteiger partial charge in [-0.15, -0.1) is 11.6 Å². The lowest BCUT2D eigenvalue weighted by Crippen LogP contribution is -2.07. The molecule has 0 bridgehead atoms. The van der Waals surface area contributed by atoms with E-state index in [4.69, 9.17) is 11.6 Å². The van der Waals surface area contributed by atoms with E-state index in [1.165, 1.54) is 6.07 Å². The van der Waals surface area contributed by atoms with Crippen LogP contribution in [0.4, 0.5) is 8.78 Å². The predicted molar refractivity (Wildman–Crippen MR) is 60.2 cm³/mol. The third-order valence-corrected chi connectivity index (χ3v) is 2.99. The van der Waals surface area contributed by atoms with Crippen molar-refractivity contribution < 1.29 is 18.3 Å². The molecule has 0 aliphatic carbocycles. The zero-order valence-electron chi connectivity index (χ0n) is 8.05. The third kappa shape index (κ3) is 3.72. The van der Waals surface area contributed by atoms with Gasteiger partial charge in [0.15, 0.2) is 5.78 Å². The van der Waals surface area contributed by atoms with E-state index in [0.29, 0.717) is 10.0 Å². The average molecular weight is 314 g/mol. The van der Waals surface area contributed by atoms with Crippen molar-refractivity contribution in [1.29, 1.82) is 0 Å². The van der Waals surface area contributed by atoms with Crippen LogP contribution >= 0.6 is 27.5 Å². The molecule has 0 aliphatic rings. The Hall–Kier alpha value is -0.680. The first-order valence-corrected chi connectivity index (χ1v) is 5.67.